The van der Waals surface area contributed by atoms with Gasteiger partial charge in [-0.1, -0.05) is 0 Å². The summed E-state index contributed by atoms with van der Waals surface area (Å²) >= 11 is 3.20. The fourth-order valence-corrected chi connectivity index (χ4v) is 1.70. The monoisotopic (exact) mass is 327 g/mol. The summed E-state index contributed by atoms with van der Waals surface area (Å²) in [6.45, 7) is 5.70. The van der Waals surface area contributed by atoms with E-state index >= 15 is 0 Å². The second kappa shape index (κ2) is 6.14. The van der Waals surface area contributed by atoms with E-state index in [-0.39, 0.29) is 23.9 Å². The van der Waals surface area contributed by atoms with Crippen molar-refractivity contribution in [3.8, 4) is 0 Å². The first kappa shape index (κ1) is 15.6. The molecule has 1 heterocycles. The molecule has 0 aliphatic rings. The Morgan fingerprint density at radius 2 is 2.00 bits per heavy atom. The van der Waals surface area contributed by atoms with Crippen LogP contribution in [-0.2, 0) is 4.79 Å². The molecule has 5 nitrogen and oxygen atoms in total. The van der Waals surface area contributed by atoms with E-state index in [2.05, 4.69) is 26.2 Å². The number of aromatic nitrogens is 1. The minimum Gasteiger partial charge on any atom is -0.350 e. The number of halogens is 1. The van der Waals surface area contributed by atoms with E-state index in [1.165, 1.54) is 11.1 Å². The van der Waals surface area contributed by atoms with Crippen molar-refractivity contribution in [2.45, 2.75) is 26.3 Å². The van der Waals surface area contributed by atoms with Crippen LogP contribution in [0.1, 0.15) is 31.1 Å². The van der Waals surface area contributed by atoms with Gasteiger partial charge in [-0.25, -0.2) is 4.98 Å². The number of amides is 2. The van der Waals surface area contributed by atoms with Gasteiger partial charge in [-0.2, -0.15) is 0 Å². The van der Waals surface area contributed by atoms with Crippen molar-refractivity contribution in [3.63, 3.8) is 0 Å². The largest absolute Gasteiger partial charge is 0.350 e. The zero-order valence-corrected chi connectivity index (χ0v) is 13.1. The summed E-state index contributed by atoms with van der Waals surface area (Å²) in [4.78, 5) is 29.1. The smallest absolute Gasteiger partial charge is 0.255 e. The van der Waals surface area contributed by atoms with Gasteiger partial charge in [-0.3, -0.25) is 9.59 Å². The molecule has 1 aromatic heterocycles. The van der Waals surface area contributed by atoms with Crippen molar-refractivity contribution in [2.75, 3.05) is 13.6 Å². The number of nitrogens with one attached hydrogen (secondary N) is 1. The number of likely N-dealkylation sites (N-methyl/N-ethyl adjacent to an activating group) is 1. The minimum atomic E-state index is -0.305. The Labute approximate surface area is 121 Å². The maximum atomic E-state index is 12.0. The van der Waals surface area contributed by atoms with Crippen molar-refractivity contribution in [3.05, 3.63) is 28.5 Å². The second-order valence-electron chi connectivity index (χ2n) is 5.33. The molecule has 2 amide bonds. The highest BCUT2D eigenvalue weighted by molar-refractivity contribution is 9.10. The van der Waals surface area contributed by atoms with Crippen molar-refractivity contribution in [1.29, 1.82) is 0 Å². The van der Waals surface area contributed by atoms with Crippen molar-refractivity contribution < 1.29 is 9.59 Å². The third-order valence-electron chi connectivity index (χ3n) is 2.22. The molecule has 19 heavy (non-hydrogen) atoms. The van der Waals surface area contributed by atoms with Crippen molar-refractivity contribution >= 4 is 27.7 Å². The normalized spacial score (nSPS) is 11.0. The van der Waals surface area contributed by atoms with Gasteiger partial charge in [-0.15, -0.1) is 0 Å². The van der Waals surface area contributed by atoms with Crippen molar-refractivity contribution in [1.82, 2.24) is 15.2 Å². The van der Waals surface area contributed by atoms with Gasteiger partial charge in [0.15, 0.2) is 0 Å². The Bertz CT molecular complexity index is 466. The van der Waals surface area contributed by atoms with Gasteiger partial charge in [0.2, 0.25) is 5.91 Å². The third kappa shape index (κ3) is 5.38. The third-order valence-corrected chi connectivity index (χ3v) is 2.69. The standard InChI is InChI=1S/C13H18BrN3O2/c1-13(2,3)16-11(18)8-17(4)12(19)9-5-6-10(14)15-7-9/h5-7H,8H2,1-4H3,(H,16,18). The molecule has 0 fully saturated rings. The number of carbonyl (C=O) groups is 2. The van der Waals surface area contributed by atoms with Crippen LogP contribution < -0.4 is 5.32 Å². The molecule has 0 bridgehead atoms. The number of hydrogen-bond donors (Lipinski definition) is 1. The first-order chi connectivity index (χ1) is 8.69. The lowest BCUT2D eigenvalue weighted by Crippen LogP contribution is -2.46. The van der Waals surface area contributed by atoms with Crippen LogP contribution >= 0.6 is 15.9 Å². The van der Waals surface area contributed by atoms with E-state index in [9.17, 15) is 9.59 Å². The molecule has 0 aliphatic carbocycles. The quantitative estimate of drug-likeness (QED) is 0.861. The summed E-state index contributed by atoms with van der Waals surface area (Å²) in [5.41, 5.74) is 0.148. The first-order valence-corrected chi connectivity index (χ1v) is 6.66. The molecule has 1 rings (SSSR count). The summed E-state index contributed by atoms with van der Waals surface area (Å²) in [6.07, 6.45) is 1.48. The Morgan fingerprint density at radius 3 is 2.47 bits per heavy atom. The van der Waals surface area contributed by atoms with Crippen molar-refractivity contribution in [2.24, 2.45) is 0 Å². The molecule has 0 saturated heterocycles. The van der Waals surface area contributed by atoms with E-state index in [0.717, 1.165) is 0 Å². The Kier molecular flexibility index (Phi) is 5.05. The molecule has 0 unspecified atom stereocenters. The summed E-state index contributed by atoms with van der Waals surface area (Å²) in [5.74, 6) is -0.419. The highest BCUT2D eigenvalue weighted by Crippen LogP contribution is 2.08. The molecule has 0 radical (unpaired) electrons. The number of carbonyl (C=O) groups excluding carboxylic acids is 2. The summed E-state index contributed by atoms with van der Waals surface area (Å²) in [6, 6.07) is 3.36. The van der Waals surface area contributed by atoms with Crippen LogP contribution in [0.2, 0.25) is 0 Å². The Morgan fingerprint density at radius 1 is 1.37 bits per heavy atom. The summed E-state index contributed by atoms with van der Waals surface area (Å²) in [5, 5.41) is 2.81. The van der Waals surface area contributed by atoms with Crippen LogP contribution in [-0.4, -0.2) is 40.8 Å². The Hall–Kier alpha value is -1.43. The van der Waals surface area contributed by atoms with Crippen LogP contribution in [0.4, 0.5) is 0 Å². The van der Waals surface area contributed by atoms with E-state index < -0.39 is 0 Å². The number of nitrogens with zero attached hydrogens (tertiary/aromatic N) is 2. The summed E-state index contributed by atoms with van der Waals surface area (Å²) in [7, 11) is 1.59. The molecule has 0 saturated carbocycles. The zero-order valence-electron chi connectivity index (χ0n) is 11.5. The number of rotatable bonds is 3. The fraction of sp³-hybridized carbons (Fsp3) is 0.462. The molecule has 0 spiro atoms. The predicted octanol–water partition coefficient (Wildman–Crippen LogP) is 1.83. The molecule has 1 N–H and O–H groups in total. The van der Waals surface area contributed by atoms with Gasteiger partial charge in [-0.05, 0) is 48.8 Å². The zero-order chi connectivity index (χ0) is 14.6. The van der Waals surface area contributed by atoms with Gasteiger partial charge in [0.1, 0.15) is 4.60 Å². The minimum absolute atomic E-state index is 0.0200. The predicted molar refractivity (Wildman–Crippen MR) is 76.8 cm³/mol. The molecule has 0 atom stereocenters. The van der Waals surface area contributed by atoms with E-state index in [4.69, 9.17) is 0 Å². The van der Waals surface area contributed by atoms with Gasteiger partial charge >= 0.3 is 0 Å². The van der Waals surface area contributed by atoms with Gasteiger partial charge in [0, 0.05) is 18.8 Å². The molecule has 0 aliphatic heterocycles. The van der Waals surface area contributed by atoms with E-state index in [0.29, 0.717) is 10.2 Å². The van der Waals surface area contributed by atoms with E-state index in [1.54, 1.807) is 19.2 Å². The molecular formula is C13H18BrN3O2. The fourth-order valence-electron chi connectivity index (χ4n) is 1.47. The highest BCUT2D eigenvalue weighted by atomic mass is 79.9. The van der Waals surface area contributed by atoms with Crippen LogP contribution in [0, 0.1) is 0 Å². The van der Waals surface area contributed by atoms with Crippen LogP contribution in [0.15, 0.2) is 22.9 Å². The molecule has 104 valence electrons. The van der Waals surface area contributed by atoms with E-state index in [1.807, 2.05) is 20.8 Å². The lowest BCUT2D eigenvalue weighted by Gasteiger charge is -2.23. The van der Waals surface area contributed by atoms with Gasteiger partial charge in [0.05, 0.1) is 12.1 Å². The second-order valence-corrected chi connectivity index (χ2v) is 6.14. The van der Waals surface area contributed by atoms with Crippen LogP contribution in [0.3, 0.4) is 0 Å². The maximum Gasteiger partial charge on any atom is 0.255 e. The lowest BCUT2D eigenvalue weighted by molar-refractivity contribution is -0.122. The lowest BCUT2D eigenvalue weighted by atomic mass is 10.1. The number of pyridine rings is 1. The van der Waals surface area contributed by atoms with Gasteiger partial charge in [0.25, 0.3) is 5.91 Å². The highest BCUT2D eigenvalue weighted by Gasteiger charge is 2.18. The summed E-state index contributed by atoms with van der Waals surface area (Å²) < 4.78 is 0.664. The van der Waals surface area contributed by atoms with Gasteiger partial charge < -0.3 is 10.2 Å². The van der Waals surface area contributed by atoms with Crippen LogP contribution in [0.25, 0.3) is 0 Å². The molecule has 6 heteroatoms. The number of hydrogen-bond acceptors (Lipinski definition) is 3. The average molecular weight is 328 g/mol. The average Bonchev–Trinajstić information content (AvgIpc) is 2.26. The molecule has 1 aromatic rings. The maximum absolute atomic E-state index is 12.0. The molecule has 0 aromatic carbocycles. The van der Waals surface area contributed by atoms with Crippen LogP contribution in [0.5, 0.6) is 0 Å². The molecular weight excluding hydrogens is 310 g/mol. The Balaban J connectivity index is 2.63. The topological polar surface area (TPSA) is 62.3 Å². The first-order valence-electron chi connectivity index (χ1n) is 5.87. The SMILES string of the molecule is CN(CC(=O)NC(C)(C)C)C(=O)c1ccc(Br)nc1.